The zero-order valence-electron chi connectivity index (χ0n) is 16.6. The topological polar surface area (TPSA) is 114 Å². The Morgan fingerprint density at radius 1 is 1.06 bits per heavy atom. The quantitative estimate of drug-likeness (QED) is 0.281. The smallest absolute Gasteiger partial charge is 0.534 e. The number of hydrogen-bond donors (Lipinski definition) is 0. The Balaban J connectivity index is 2.01. The fourth-order valence-corrected chi connectivity index (χ4v) is 3.48. The van der Waals surface area contributed by atoms with Crippen LogP contribution in [0.25, 0.3) is 11.0 Å². The van der Waals surface area contributed by atoms with Crippen molar-refractivity contribution in [3.05, 3.63) is 64.9 Å². The summed E-state index contributed by atoms with van der Waals surface area (Å²) in [6.45, 7) is 1.94. The van der Waals surface area contributed by atoms with Gasteiger partial charge in [0.2, 0.25) is 0 Å². The molecule has 11 heteroatoms. The van der Waals surface area contributed by atoms with Gasteiger partial charge in [-0.15, -0.1) is 0 Å². The minimum Gasteiger partial charge on any atom is -0.545 e. The first-order valence-corrected chi connectivity index (χ1v) is 10.8. The fraction of sp³-hybridized carbons (Fsp3) is 0.238. The Bertz CT molecular complexity index is 1270. The summed E-state index contributed by atoms with van der Waals surface area (Å²) in [6, 6.07) is 7.99. The van der Waals surface area contributed by atoms with Crippen molar-refractivity contribution in [2.24, 2.45) is 0 Å². The van der Waals surface area contributed by atoms with Gasteiger partial charge >= 0.3 is 15.6 Å². The Morgan fingerprint density at radius 3 is 2.25 bits per heavy atom. The second-order valence-corrected chi connectivity index (χ2v) is 8.38. The van der Waals surface area contributed by atoms with Gasteiger partial charge in [-0.2, -0.15) is 21.6 Å². The van der Waals surface area contributed by atoms with E-state index in [0.717, 1.165) is 30.7 Å². The molecule has 0 aliphatic carbocycles. The maximum Gasteiger partial charge on any atom is 0.534 e. The molecule has 0 N–H and O–H groups in total. The number of unbranched alkanes of at least 4 members (excludes halogenated alkanes) is 1. The van der Waals surface area contributed by atoms with Crippen molar-refractivity contribution in [3.8, 4) is 5.75 Å². The second kappa shape index (κ2) is 8.65. The number of carbonyl (C=O) groups excluding carboxylic acids is 2. The third kappa shape index (κ3) is 4.62. The summed E-state index contributed by atoms with van der Waals surface area (Å²) in [5, 5.41) is 11.5. The third-order valence-electron chi connectivity index (χ3n) is 4.59. The number of furan rings is 1. The van der Waals surface area contributed by atoms with E-state index >= 15 is 0 Å². The number of alkyl halides is 3. The van der Waals surface area contributed by atoms with Crippen LogP contribution in [-0.2, 0) is 16.5 Å². The van der Waals surface area contributed by atoms with Gasteiger partial charge in [0.25, 0.3) is 0 Å². The lowest BCUT2D eigenvalue weighted by Gasteiger charge is -2.10. The molecule has 0 radical (unpaired) electrons. The summed E-state index contributed by atoms with van der Waals surface area (Å²) in [5.74, 6) is -2.30. The first kappa shape index (κ1) is 23.3. The molecular weight excluding hydrogens is 453 g/mol. The summed E-state index contributed by atoms with van der Waals surface area (Å²) in [6.07, 6.45) is 1.89. The van der Waals surface area contributed by atoms with E-state index in [4.69, 9.17) is 4.42 Å². The number of fused-ring (bicyclic) bond motifs is 1. The van der Waals surface area contributed by atoms with E-state index in [1.165, 1.54) is 18.2 Å². The van der Waals surface area contributed by atoms with Gasteiger partial charge in [-0.1, -0.05) is 13.3 Å². The molecule has 1 aromatic heterocycles. The van der Waals surface area contributed by atoms with Crippen molar-refractivity contribution in [2.45, 2.75) is 31.7 Å². The molecular formula is C21H16F3O7S-. The Kier molecular flexibility index (Phi) is 6.31. The largest absolute Gasteiger partial charge is 0.545 e. The van der Waals surface area contributed by atoms with Crippen molar-refractivity contribution in [2.75, 3.05) is 0 Å². The van der Waals surface area contributed by atoms with Crippen molar-refractivity contribution in [1.29, 1.82) is 0 Å². The highest BCUT2D eigenvalue weighted by Crippen LogP contribution is 2.31. The van der Waals surface area contributed by atoms with Gasteiger partial charge in [0.05, 0.1) is 11.5 Å². The molecule has 0 saturated heterocycles. The van der Waals surface area contributed by atoms with Crippen molar-refractivity contribution in [1.82, 2.24) is 0 Å². The lowest BCUT2D eigenvalue weighted by atomic mass is 9.97. The molecule has 3 aromatic rings. The highest BCUT2D eigenvalue weighted by molar-refractivity contribution is 7.88. The van der Waals surface area contributed by atoms with E-state index in [9.17, 15) is 36.3 Å². The zero-order valence-corrected chi connectivity index (χ0v) is 17.4. The molecule has 170 valence electrons. The maximum atomic E-state index is 13.2. The fourth-order valence-electron chi connectivity index (χ4n) is 3.02. The molecule has 0 unspecified atom stereocenters. The van der Waals surface area contributed by atoms with Gasteiger partial charge in [0.1, 0.15) is 17.1 Å². The van der Waals surface area contributed by atoms with Crippen LogP contribution < -0.4 is 9.29 Å². The second-order valence-electron chi connectivity index (χ2n) is 6.84. The molecule has 1 heterocycles. The number of aromatic carboxylic acids is 1. The van der Waals surface area contributed by atoms with E-state index in [2.05, 4.69) is 4.18 Å². The van der Waals surface area contributed by atoms with Gasteiger partial charge in [-0.3, -0.25) is 4.79 Å². The van der Waals surface area contributed by atoms with E-state index in [0.29, 0.717) is 24.2 Å². The van der Waals surface area contributed by atoms with E-state index in [1.807, 2.05) is 6.92 Å². The molecule has 0 fully saturated rings. The summed E-state index contributed by atoms with van der Waals surface area (Å²) >= 11 is 0. The van der Waals surface area contributed by atoms with Crippen LogP contribution in [0.1, 0.15) is 51.8 Å². The molecule has 0 saturated carbocycles. The average Bonchev–Trinajstić information content (AvgIpc) is 3.08. The molecule has 7 nitrogen and oxygen atoms in total. The summed E-state index contributed by atoms with van der Waals surface area (Å²) in [7, 11) is -5.85. The van der Waals surface area contributed by atoms with Crippen LogP contribution in [0.4, 0.5) is 13.2 Å². The van der Waals surface area contributed by atoms with E-state index in [-0.39, 0.29) is 22.1 Å². The first-order chi connectivity index (χ1) is 14.9. The summed E-state index contributed by atoms with van der Waals surface area (Å²) in [4.78, 5) is 24.4. The molecule has 2 aromatic carbocycles. The van der Waals surface area contributed by atoms with Gasteiger partial charge < -0.3 is 18.5 Å². The highest BCUT2D eigenvalue weighted by Gasteiger charge is 2.48. The van der Waals surface area contributed by atoms with Crippen molar-refractivity contribution >= 4 is 32.8 Å². The van der Waals surface area contributed by atoms with Crippen LogP contribution in [-0.4, -0.2) is 25.7 Å². The molecule has 3 rings (SSSR count). The van der Waals surface area contributed by atoms with E-state index in [1.54, 1.807) is 0 Å². The minimum absolute atomic E-state index is 0.0149. The van der Waals surface area contributed by atoms with Gasteiger partial charge in [-0.05, 0) is 54.4 Å². The number of ketones is 1. The molecule has 0 aliphatic rings. The molecule has 32 heavy (non-hydrogen) atoms. The number of carbonyl (C=O) groups is 2. The Hall–Kier alpha value is -3.34. The number of aryl methyl sites for hydroxylation is 1. The normalized spacial score (nSPS) is 12.1. The van der Waals surface area contributed by atoms with Gasteiger partial charge in [0.15, 0.2) is 5.78 Å². The van der Waals surface area contributed by atoms with Crippen molar-refractivity contribution in [3.63, 3.8) is 0 Å². The Morgan fingerprint density at radius 2 is 1.69 bits per heavy atom. The first-order valence-electron chi connectivity index (χ1n) is 9.37. The third-order valence-corrected chi connectivity index (χ3v) is 5.57. The standard InChI is InChI=1S/C21H17F3O7S/c1-2-3-4-17-18(15-11-13(20(26)27)7-10-16(15)30-17)19(25)12-5-8-14(9-6-12)31-32(28,29)21(22,23)24/h5-11H,2-4H2,1H3,(H,26,27)/p-1. The van der Waals surface area contributed by atoms with Gasteiger partial charge in [0, 0.05) is 17.4 Å². The van der Waals surface area contributed by atoms with Crippen LogP contribution in [0.3, 0.4) is 0 Å². The highest BCUT2D eigenvalue weighted by atomic mass is 32.2. The zero-order chi connectivity index (χ0) is 23.7. The van der Waals surface area contributed by atoms with Crippen LogP contribution >= 0.6 is 0 Å². The predicted molar refractivity (Wildman–Crippen MR) is 105 cm³/mol. The minimum atomic E-state index is -5.85. The van der Waals surface area contributed by atoms with E-state index < -0.39 is 33.1 Å². The summed E-state index contributed by atoms with van der Waals surface area (Å²) in [5.41, 5.74) is -5.33. The number of benzene rings is 2. The van der Waals surface area contributed by atoms with Crippen molar-refractivity contribution < 1.29 is 44.9 Å². The van der Waals surface area contributed by atoms with Crippen LogP contribution in [0.15, 0.2) is 46.9 Å². The SMILES string of the molecule is CCCCc1oc2ccc(C(=O)[O-])cc2c1C(=O)c1ccc(OS(=O)(=O)C(F)(F)F)cc1. The molecule has 0 aliphatic heterocycles. The van der Waals surface area contributed by atoms with Crippen LogP contribution in [0.5, 0.6) is 5.75 Å². The van der Waals surface area contributed by atoms with Crippen LogP contribution in [0.2, 0.25) is 0 Å². The molecule has 0 bridgehead atoms. The molecule has 0 spiro atoms. The number of hydrogen-bond acceptors (Lipinski definition) is 7. The lowest BCUT2D eigenvalue weighted by Crippen LogP contribution is -2.28. The van der Waals surface area contributed by atoms with Gasteiger partial charge in [-0.25, -0.2) is 0 Å². The lowest BCUT2D eigenvalue weighted by molar-refractivity contribution is -0.255. The molecule has 0 amide bonds. The molecule has 0 atom stereocenters. The maximum absolute atomic E-state index is 13.2. The number of carboxylic acid groups (broad SMARTS) is 1. The number of carboxylic acids is 1. The van der Waals surface area contributed by atoms with Crippen LogP contribution in [0, 0.1) is 0 Å². The Labute approximate surface area is 180 Å². The number of halogens is 3. The predicted octanol–water partition coefficient (Wildman–Crippen LogP) is 3.60. The number of rotatable bonds is 8. The average molecular weight is 469 g/mol. The monoisotopic (exact) mass is 469 g/mol. The summed E-state index contributed by atoms with van der Waals surface area (Å²) < 4.78 is 69.4.